The maximum Gasteiger partial charge on any atom is 0.305 e. The molecule has 0 aliphatic carbocycles. The van der Waals surface area contributed by atoms with Crippen LogP contribution in [0, 0.1) is 0 Å². The standard InChI is InChI=1S/C9H15ClN2O5/c1-17-8(15)3-2-6(4-13)11-9(16)7(5-14)12-10/h4,6-7,12,14H,2-3,5H2,1H3,(H,11,16)/t6-,7-/m0/s1. The number of halogens is 1. The predicted octanol–water partition coefficient (Wildman–Crippen LogP) is -1.27. The van der Waals surface area contributed by atoms with Gasteiger partial charge in [0.15, 0.2) is 0 Å². The number of ether oxygens (including phenoxy) is 1. The summed E-state index contributed by atoms with van der Waals surface area (Å²) in [4.78, 5) is 35.0. The Bertz CT molecular complexity index is 270. The van der Waals surface area contributed by atoms with E-state index in [9.17, 15) is 14.4 Å². The van der Waals surface area contributed by atoms with E-state index in [1.165, 1.54) is 7.11 Å². The molecule has 0 aromatic carbocycles. The highest BCUT2D eigenvalue weighted by molar-refractivity contribution is 6.15. The molecule has 7 nitrogen and oxygen atoms in total. The van der Waals surface area contributed by atoms with Crippen LogP contribution in [0.25, 0.3) is 0 Å². The van der Waals surface area contributed by atoms with Gasteiger partial charge in [0, 0.05) is 6.42 Å². The number of esters is 1. The van der Waals surface area contributed by atoms with Gasteiger partial charge in [0.25, 0.3) is 0 Å². The zero-order valence-corrected chi connectivity index (χ0v) is 10.1. The minimum atomic E-state index is -1.00. The van der Waals surface area contributed by atoms with Gasteiger partial charge in [0.2, 0.25) is 5.91 Å². The van der Waals surface area contributed by atoms with Crippen LogP contribution in [0.4, 0.5) is 0 Å². The molecule has 0 rings (SSSR count). The van der Waals surface area contributed by atoms with Crippen molar-refractivity contribution in [2.45, 2.75) is 24.9 Å². The highest BCUT2D eigenvalue weighted by Gasteiger charge is 2.20. The molecule has 0 radical (unpaired) electrons. The second-order valence-corrected chi connectivity index (χ2v) is 3.43. The van der Waals surface area contributed by atoms with Crippen molar-refractivity contribution < 1.29 is 24.2 Å². The lowest BCUT2D eigenvalue weighted by Gasteiger charge is -2.16. The Hall–Kier alpha value is -1.18. The molecule has 0 saturated carbocycles. The maximum atomic E-state index is 11.4. The first kappa shape index (κ1) is 15.8. The van der Waals surface area contributed by atoms with Crippen LogP contribution in [-0.2, 0) is 19.1 Å². The zero-order chi connectivity index (χ0) is 13.3. The molecular formula is C9H15ClN2O5. The number of hydrogen-bond acceptors (Lipinski definition) is 6. The number of aliphatic hydroxyl groups excluding tert-OH is 1. The summed E-state index contributed by atoms with van der Waals surface area (Å²) < 4.78 is 4.40. The summed E-state index contributed by atoms with van der Waals surface area (Å²) >= 11 is 5.21. The van der Waals surface area contributed by atoms with E-state index in [-0.39, 0.29) is 12.8 Å². The zero-order valence-electron chi connectivity index (χ0n) is 9.31. The summed E-state index contributed by atoms with van der Waals surface area (Å²) in [5.41, 5.74) is 0. The summed E-state index contributed by atoms with van der Waals surface area (Å²) in [6.07, 6.45) is 0.643. The van der Waals surface area contributed by atoms with Gasteiger partial charge in [-0.2, -0.15) is 0 Å². The van der Waals surface area contributed by atoms with E-state index in [0.29, 0.717) is 6.29 Å². The lowest BCUT2D eigenvalue weighted by molar-refractivity contribution is -0.141. The molecule has 0 aliphatic rings. The number of rotatable bonds is 8. The fourth-order valence-corrected chi connectivity index (χ4v) is 1.17. The Morgan fingerprint density at radius 1 is 1.53 bits per heavy atom. The van der Waals surface area contributed by atoms with Crippen molar-refractivity contribution in [3.05, 3.63) is 0 Å². The second-order valence-electron chi connectivity index (χ2n) is 3.21. The largest absolute Gasteiger partial charge is 0.469 e. The van der Waals surface area contributed by atoms with E-state index >= 15 is 0 Å². The van der Waals surface area contributed by atoms with Crippen LogP contribution < -0.4 is 10.2 Å². The van der Waals surface area contributed by atoms with Gasteiger partial charge in [-0.05, 0) is 18.2 Å². The number of aliphatic hydroxyl groups is 1. The fourth-order valence-electron chi connectivity index (χ4n) is 1.000. The number of carbonyl (C=O) groups is 3. The molecule has 98 valence electrons. The van der Waals surface area contributed by atoms with Crippen LogP contribution in [0.15, 0.2) is 0 Å². The number of amides is 1. The molecule has 0 spiro atoms. The van der Waals surface area contributed by atoms with Crippen molar-refractivity contribution in [3.8, 4) is 0 Å². The van der Waals surface area contributed by atoms with Crippen molar-refractivity contribution in [1.29, 1.82) is 0 Å². The number of nitrogens with one attached hydrogen (secondary N) is 2. The Balaban J connectivity index is 4.16. The van der Waals surface area contributed by atoms with Gasteiger partial charge in [0.1, 0.15) is 12.3 Å². The highest BCUT2D eigenvalue weighted by Crippen LogP contribution is 1.98. The Morgan fingerprint density at radius 2 is 2.18 bits per heavy atom. The molecule has 0 fully saturated rings. The van der Waals surface area contributed by atoms with Gasteiger partial charge in [-0.15, -0.1) is 0 Å². The number of hydrogen-bond donors (Lipinski definition) is 3. The van der Waals surface area contributed by atoms with Crippen LogP contribution in [0.1, 0.15) is 12.8 Å². The molecular weight excluding hydrogens is 252 g/mol. The van der Waals surface area contributed by atoms with Gasteiger partial charge in [-0.3, -0.25) is 9.59 Å². The van der Waals surface area contributed by atoms with Crippen LogP contribution in [0.3, 0.4) is 0 Å². The van der Waals surface area contributed by atoms with Gasteiger partial charge in [-0.25, -0.2) is 4.84 Å². The van der Waals surface area contributed by atoms with Gasteiger partial charge < -0.3 is 20.0 Å². The molecule has 8 heteroatoms. The summed E-state index contributed by atoms with van der Waals surface area (Å²) in [7, 11) is 1.23. The first-order chi connectivity index (χ1) is 8.08. The monoisotopic (exact) mass is 266 g/mol. The SMILES string of the molecule is COC(=O)CC[C@@H](C=O)NC(=O)[C@H](CO)NCl. The lowest BCUT2D eigenvalue weighted by atomic mass is 10.1. The van der Waals surface area contributed by atoms with Crippen LogP contribution in [0.2, 0.25) is 0 Å². The third kappa shape index (κ3) is 6.20. The molecule has 1 amide bonds. The minimum absolute atomic E-state index is 0.0122. The third-order valence-electron chi connectivity index (χ3n) is 2.01. The smallest absolute Gasteiger partial charge is 0.305 e. The van der Waals surface area contributed by atoms with Crippen molar-refractivity contribution in [3.63, 3.8) is 0 Å². The van der Waals surface area contributed by atoms with E-state index in [0.717, 1.165) is 0 Å². The topological polar surface area (TPSA) is 105 Å². The van der Waals surface area contributed by atoms with Crippen LogP contribution in [-0.4, -0.2) is 49.1 Å². The average molecular weight is 267 g/mol. The van der Waals surface area contributed by atoms with Gasteiger partial charge in [-0.1, -0.05) is 0 Å². The van der Waals surface area contributed by atoms with E-state index < -0.39 is 30.6 Å². The quantitative estimate of drug-likeness (QED) is 0.287. The van der Waals surface area contributed by atoms with Crippen LogP contribution in [0.5, 0.6) is 0 Å². The molecule has 0 unspecified atom stereocenters. The predicted molar refractivity (Wildman–Crippen MR) is 59.1 cm³/mol. The van der Waals surface area contributed by atoms with Crippen molar-refractivity contribution in [1.82, 2.24) is 10.2 Å². The Morgan fingerprint density at radius 3 is 2.59 bits per heavy atom. The van der Waals surface area contributed by atoms with Crippen molar-refractivity contribution >= 4 is 29.9 Å². The lowest BCUT2D eigenvalue weighted by Crippen LogP contribution is -2.47. The third-order valence-corrected chi connectivity index (χ3v) is 2.27. The van der Waals surface area contributed by atoms with Crippen molar-refractivity contribution in [2.24, 2.45) is 0 Å². The van der Waals surface area contributed by atoms with E-state index in [2.05, 4.69) is 14.9 Å². The first-order valence-electron chi connectivity index (χ1n) is 4.88. The number of aldehydes is 1. The number of methoxy groups -OCH3 is 1. The maximum absolute atomic E-state index is 11.4. The summed E-state index contributed by atoms with van der Waals surface area (Å²) in [5.74, 6) is -1.09. The first-order valence-corrected chi connectivity index (χ1v) is 5.26. The molecule has 3 N–H and O–H groups in total. The molecule has 0 aliphatic heterocycles. The second kappa shape index (κ2) is 8.91. The summed E-state index contributed by atoms with van der Waals surface area (Å²) in [6, 6.07) is -1.82. The number of carbonyl (C=O) groups excluding carboxylic acids is 3. The molecule has 0 aromatic rings. The minimum Gasteiger partial charge on any atom is -0.469 e. The molecule has 0 aromatic heterocycles. The molecule has 0 bridgehead atoms. The van der Waals surface area contributed by atoms with Crippen molar-refractivity contribution in [2.75, 3.05) is 13.7 Å². The summed E-state index contributed by atoms with van der Waals surface area (Å²) in [5, 5.41) is 11.1. The molecule has 0 saturated heterocycles. The van der Waals surface area contributed by atoms with E-state index in [1.54, 1.807) is 0 Å². The Kier molecular flexibility index (Phi) is 8.29. The van der Waals surface area contributed by atoms with E-state index in [1.807, 2.05) is 0 Å². The van der Waals surface area contributed by atoms with Gasteiger partial charge >= 0.3 is 5.97 Å². The average Bonchev–Trinajstić information content (AvgIpc) is 2.35. The fraction of sp³-hybridized carbons (Fsp3) is 0.667. The molecule has 2 atom stereocenters. The van der Waals surface area contributed by atoms with E-state index in [4.69, 9.17) is 16.9 Å². The molecule has 0 heterocycles. The van der Waals surface area contributed by atoms with Gasteiger partial charge in [0.05, 0.1) is 19.8 Å². The molecule has 17 heavy (non-hydrogen) atoms. The normalized spacial score (nSPS) is 13.6. The summed E-state index contributed by atoms with van der Waals surface area (Å²) in [6.45, 7) is -0.502. The Labute approximate surface area is 104 Å². The highest BCUT2D eigenvalue weighted by atomic mass is 35.5. The van der Waals surface area contributed by atoms with Crippen LogP contribution >= 0.6 is 11.8 Å².